The van der Waals surface area contributed by atoms with Crippen molar-refractivity contribution >= 4 is 27.7 Å². The van der Waals surface area contributed by atoms with E-state index in [1.54, 1.807) is 48.7 Å². The zero-order valence-electron chi connectivity index (χ0n) is 15.2. The van der Waals surface area contributed by atoms with Crippen LogP contribution in [0.1, 0.15) is 23.2 Å². The van der Waals surface area contributed by atoms with Gasteiger partial charge in [-0.1, -0.05) is 18.2 Å². The lowest BCUT2D eigenvalue weighted by molar-refractivity contribution is 0.0687. The van der Waals surface area contributed by atoms with Gasteiger partial charge in [0.2, 0.25) is 10.0 Å². The molecule has 1 fully saturated rings. The molecular formula is C19H23N3O3S2. The molecule has 1 aliphatic heterocycles. The Morgan fingerprint density at radius 1 is 1.19 bits per heavy atom. The summed E-state index contributed by atoms with van der Waals surface area (Å²) in [5.41, 5.74) is 0.633. The Morgan fingerprint density at radius 3 is 2.56 bits per heavy atom. The number of amides is 1. The number of carbonyl (C=O) groups excluding carboxylic acids is 1. The molecule has 1 N–H and O–H groups in total. The number of hydrogen-bond acceptors (Lipinski definition) is 5. The number of nitrogens with zero attached hydrogens (tertiary/aromatic N) is 2. The summed E-state index contributed by atoms with van der Waals surface area (Å²) in [6.07, 6.45) is 5.15. The third kappa shape index (κ3) is 4.88. The maximum atomic E-state index is 12.7. The molecule has 0 saturated carbocycles. The summed E-state index contributed by atoms with van der Waals surface area (Å²) in [5.74, 6) is 0.220. The first-order valence-electron chi connectivity index (χ1n) is 8.84. The maximum Gasteiger partial charge on any atom is 0.256 e. The molecule has 1 saturated heterocycles. The average molecular weight is 406 g/mol. The molecule has 0 unspecified atom stereocenters. The number of thioether (sulfide) groups is 1. The minimum atomic E-state index is -3.48. The number of nitrogens with one attached hydrogen (secondary N) is 1. The normalized spacial score (nSPS) is 15.7. The van der Waals surface area contributed by atoms with E-state index < -0.39 is 10.0 Å². The minimum absolute atomic E-state index is 0.00392. The van der Waals surface area contributed by atoms with Crippen molar-refractivity contribution in [3.8, 4) is 0 Å². The standard InChI is InChI=1S/C19H23N3O3S2/c1-26-18-17(8-5-11-20-18)19(23)22-12-9-15(10-13-22)14-21-27(24,25)16-6-3-2-4-7-16/h2-8,11,15,21H,9-10,12-14H2,1H3. The van der Waals surface area contributed by atoms with Crippen LogP contribution in [0.3, 0.4) is 0 Å². The number of hydrogen-bond donors (Lipinski definition) is 1. The molecule has 27 heavy (non-hydrogen) atoms. The molecule has 0 spiro atoms. The van der Waals surface area contributed by atoms with Gasteiger partial charge in [0.25, 0.3) is 5.91 Å². The SMILES string of the molecule is CSc1ncccc1C(=O)N1CCC(CNS(=O)(=O)c2ccccc2)CC1. The van der Waals surface area contributed by atoms with Gasteiger partial charge < -0.3 is 4.90 Å². The number of aromatic nitrogens is 1. The van der Waals surface area contributed by atoms with E-state index in [-0.39, 0.29) is 16.7 Å². The highest BCUT2D eigenvalue weighted by Crippen LogP contribution is 2.23. The van der Waals surface area contributed by atoms with Gasteiger partial charge in [-0.05, 0) is 49.3 Å². The number of pyridine rings is 1. The van der Waals surface area contributed by atoms with Crippen LogP contribution in [0.5, 0.6) is 0 Å². The van der Waals surface area contributed by atoms with E-state index in [0.29, 0.717) is 25.2 Å². The second kappa shape index (κ2) is 8.86. The summed E-state index contributed by atoms with van der Waals surface area (Å²) in [4.78, 5) is 19.1. The van der Waals surface area contributed by atoms with E-state index in [1.165, 1.54) is 11.8 Å². The quantitative estimate of drug-likeness (QED) is 0.748. The topological polar surface area (TPSA) is 79.4 Å². The summed E-state index contributed by atoms with van der Waals surface area (Å²) < 4.78 is 27.3. The third-order valence-electron chi connectivity index (χ3n) is 4.71. The smallest absolute Gasteiger partial charge is 0.256 e. The van der Waals surface area contributed by atoms with Crippen molar-refractivity contribution in [1.29, 1.82) is 0 Å². The predicted octanol–water partition coefficient (Wildman–Crippen LogP) is 2.63. The van der Waals surface area contributed by atoms with Crippen molar-refractivity contribution in [2.75, 3.05) is 25.9 Å². The fourth-order valence-corrected chi connectivity index (χ4v) is 4.82. The molecule has 1 aromatic carbocycles. The first-order valence-corrected chi connectivity index (χ1v) is 11.5. The van der Waals surface area contributed by atoms with Crippen molar-refractivity contribution < 1.29 is 13.2 Å². The van der Waals surface area contributed by atoms with Gasteiger partial charge in [0, 0.05) is 25.8 Å². The number of sulfonamides is 1. The fraction of sp³-hybridized carbons (Fsp3) is 0.368. The van der Waals surface area contributed by atoms with Crippen molar-refractivity contribution in [3.05, 3.63) is 54.2 Å². The van der Waals surface area contributed by atoms with E-state index in [4.69, 9.17) is 0 Å². The van der Waals surface area contributed by atoms with Crippen LogP contribution < -0.4 is 4.72 Å². The van der Waals surface area contributed by atoms with E-state index in [1.807, 2.05) is 11.2 Å². The Kier molecular flexibility index (Phi) is 6.51. The fourth-order valence-electron chi connectivity index (χ4n) is 3.14. The lowest BCUT2D eigenvalue weighted by atomic mass is 9.97. The van der Waals surface area contributed by atoms with Crippen LogP contribution in [0.4, 0.5) is 0 Å². The number of rotatable bonds is 6. The van der Waals surface area contributed by atoms with Gasteiger partial charge in [0.15, 0.2) is 0 Å². The van der Waals surface area contributed by atoms with Crippen LogP contribution in [0.2, 0.25) is 0 Å². The summed E-state index contributed by atoms with van der Waals surface area (Å²) in [5, 5.41) is 0.736. The zero-order chi connectivity index (χ0) is 19.3. The lowest BCUT2D eigenvalue weighted by Gasteiger charge is -2.32. The molecule has 1 amide bonds. The van der Waals surface area contributed by atoms with Gasteiger partial charge in [-0.2, -0.15) is 0 Å². The van der Waals surface area contributed by atoms with Crippen molar-refractivity contribution in [1.82, 2.24) is 14.6 Å². The van der Waals surface area contributed by atoms with Crippen molar-refractivity contribution in [3.63, 3.8) is 0 Å². The molecule has 6 nitrogen and oxygen atoms in total. The number of benzene rings is 1. The molecule has 0 atom stereocenters. The van der Waals surface area contributed by atoms with E-state index in [0.717, 1.165) is 17.9 Å². The molecule has 2 aromatic rings. The summed E-state index contributed by atoms with van der Waals surface area (Å²) in [6, 6.07) is 12.0. The maximum absolute atomic E-state index is 12.7. The first-order chi connectivity index (χ1) is 13.0. The molecule has 3 rings (SSSR count). The molecule has 2 heterocycles. The molecule has 8 heteroatoms. The highest BCUT2D eigenvalue weighted by atomic mass is 32.2. The summed E-state index contributed by atoms with van der Waals surface area (Å²) in [7, 11) is -3.48. The van der Waals surface area contributed by atoms with Gasteiger partial charge >= 0.3 is 0 Å². The highest BCUT2D eigenvalue weighted by molar-refractivity contribution is 7.98. The monoisotopic (exact) mass is 405 g/mol. The van der Waals surface area contributed by atoms with Crippen molar-refractivity contribution in [2.24, 2.45) is 5.92 Å². The molecule has 0 aliphatic carbocycles. The molecule has 0 radical (unpaired) electrons. The van der Waals surface area contributed by atoms with Gasteiger partial charge in [0.1, 0.15) is 5.03 Å². The van der Waals surface area contributed by atoms with Crippen LogP contribution in [-0.2, 0) is 10.0 Å². The zero-order valence-corrected chi connectivity index (χ0v) is 16.8. The first kappa shape index (κ1) is 19.9. The Labute approximate surface area is 164 Å². The lowest BCUT2D eigenvalue weighted by Crippen LogP contribution is -2.41. The number of likely N-dealkylation sites (tertiary alicyclic amines) is 1. The van der Waals surface area contributed by atoms with Crippen molar-refractivity contribution in [2.45, 2.75) is 22.8 Å². The number of piperidine rings is 1. The Hall–Kier alpha value is -1.90. The Morgan fingerprint density at radius 2 is 1.89 bits per heavy atom. The van der Waals surface area contributed by atoms with E-state index in [9.17, 15) is 13.2 Å². The molecule has 0 bridgehead atoms. The van der Waals surface area contributed by atoms with Crippen LogP contribution in [0.25, 0.3) is 0 Å². The second-order valence-corrected chi connectivity index (χ2v) is 9.02. The molecular weight excluding hydrogens is 382 g/mol. The van der Waals surface area contributed by atoms with Gasteiger partial charge in [-0.3, -0.25) is 4.79 Å². The van der Waals surface area contributed by atoms with Crippen LogP contribution in [0, 0.1) is 5.92 Å². The van der Waals surface area contributed by atoms with E-state index in [2.05, 4.69) is 9.71 Å². The average Bonchev–Trinajstić information content (AvgIpc) is 2.73. The Balaban J connectivity index is 1.54. The molecule has 1 aromatic heterocycles. The number of carbonyl (C=O) groups is 1. The second-order valence-electron chi connectivity index (χ2n) is 6.46. The third-order valence-corrected chi connectivity index (χ3v) is 6.86. The minimum Gasteiger partial charge on any atom is -0.339 e. The summed E-state index contributed by atoms with van der Waals surface area (Å²) in [6.45, 7) is 1.64. The van der Waals surface area contributed by atoms with Gasteiger partial charge in [-0.15, -0.1) is 11.8 Å². The highest BCUT2D eigenvalue weighted by Gasteiger charge is 2.26. The van der Waals surface area contributed by atoms with Crippen LogP contribution in [0.15, 0.2) is 58.6 Å². The molecule has 144 valence electrons. The Bertz CT molecular complexity index is 880. The van der Waals surface area contributed by atoms with Crippen LogP contribution in [-0.4, -0.2) is 50.1 Å². The van der Waals surface area contributed by atoms with E-state index >= 15 is 0 Å². The van der Waals surface area contributed by atoms with Crippen LogP contribution >= 0.6 is 11.8 Å². The molecule has 1 aliphatic rings. The predicted molar refractivity (Wildman–Crippen MR) is 106 cm³/mol. The van der Waals surface area contributed by atoms with Gasteiger partial charge in [0.05, 0.1) is 10.5 Å². The summed E-state index contributed by atoms with van der Waals surface area (Å²) >= 11 is 1.46. The largest absolute Gasteiger partial charge is 0.339 e. The van der Waals surface area contributed by atoms with Gasteiger partial charge in [-0.25, -0.2) is 18.1 Å².